The van der Waals surface area contributed by atoms with Gasteiger partial charge in [-0.05, 0) is 109 Å². The molecule has 1 N–H and O–H groups in total. The van der Waals surface area contributed by atoms with Crippen LogP contribution < -0.4 is 5.32 Å². The van der Waals surface area contributed by atoms with Crippen LogP contribution in [0.1, 0.15) is 134 Å². The van der Waals surface area contributed by atoms with Crippen molar-refractivity contribution < 1.29 is 62.0 Å². The number of hydrogen-bond donors (Lipinski definition) is 1. The van der Waals surface area contributed by atoms with Gasteiger partial charge in [0.15, 0.2) is 5.78 Å². The number of carbonyl (C=O) groups excluding carboxylic acids is 8. The molecule has 0 unspecified atom stereocenters. The van der Waals surface area contributed by atoms with Crippen LogP contribution in [-0.2, 0) is 52.5 Å². The van der Waals surface area contributed by atoms with Crippen molar-refractivity contribution in [2.24, 2.45) is 0 Å². The van der Waals surface area contributed by atoms with E-state index in [1.54, 1.807) is 30.6 Å². The summed E-state index contributed by atoms with van der Waals surface area (Å²) in [6.45, 7) is 26.8. The summed E-state index contributed by atoms with van der Waals surface area (Å²) < 4.78 is 25.3. The number of nitrogens with zero attached hydrogens (tertiary/aromatic N) is 4. The molecule has 0 aromatic rings. The van der Waals surface area contributed by atoms with Gasteiger partial charge in [-0.3, -0.25) is 33.7 Å². The second-order valence-electron chi connectivity index (χ2n) is 19.1. The Hall–Kier alpha value is -4.00. The van der Waals surface area contributed by atoms with E-state index in [0.29, 0.717) is 71.4 Å². The van der Waals surface area contributed by atoms with E-state index in [1.807, 2.05) is 62.3 Å². The molecule has 3 rings (SSSR count). The van der Waals surface area contributed by atoms with Gasteiger partial charge in [-0.15, -0.1) is 0 Å². The van der Waals surface area contributed by atoms with Crippen molar-refractivity contribution in [2.45, 2.75) is 157 Å². The van der Waals surface area contributed by atoms with Gasteiger partial charge >= 0.3 is 30.1 Å². The molecular weight excluding hydrogens is 886 g/mol. The maximum Gasteiger partial charge on any atom is 0.410 e. The fourth-order valence-corrected chi connectivity index (χ4v) is 5.84. The molecule has 0 aromatic heterocycles. The monoisotopic (exact) mass is 963 g/mol. The highest BCUT2D eigenvalue weighted by Gasteiger charge is 2.30. The second-order valence-corrected chi connectivity index (χ2v) is 19.9. The number of carbonyl (C=O) groups is 8. The molecule has 0 spiro atoms. The van der Waals surface area contributed by atoms with E-state index in [1.165, 1.54) is 16.9 Å². The number of alkyl halides is 1. The van der Waals surface area contributed by atoms with Gasteiger partial charge in [0.2, 0.25) is 11.8 Å². The first-order valence-electron chi connectivity index (χ1n) is 21.8. The molecule has 19 heteroatoms. The van der Waals surface area contributed by atoms with Crippen LogP contribution in [0.2, 0.25) is 0 Å². The van der Waals surface area contributed by atoms with Crippen molar-refractivity contribution >= 4 is 63.6 Å². The molecule has 3 aliphatic rings. The minimum atomic E-state index is -0.579. The average Bonchev–Trinajstić information content (AvgIpc) is 3.13. The smallest absolute Gasteiger partial charge is 0.410 e. The number of esters is 3. The fourth-order valence-electron chi connectivity index (χ4n) is 5.56. The number of halogens is 1. The lowest BCUT2D eigenvalue weighted by molar-refractivity contribution is -0.156. The number of ether oxygens (including phenoxy) is 5. The predicted octanol–water partition coefficient (Wildman–Crippen LogP) is 5.65. The molecule has 3 fully saturated rings. The molecule has 0 aliphatic carbocycles. The maximum absolute atomic E-state index is 12.1. The highest BCUT2D eigenvalue weighted by atomic mass is 79.9. The number of piperazine rings is 2. The van der Waals surface area contributed by atoms with Gasteiger partial charge in [0, 0.05) is 76.8 Å². The highest BCUT2D eigenvalue weighted by molar-refractivity contribution is 9.09. The Kier molecular flexibility index (Phi) is 26.9. The van der Waals surface area contributed by atoms with Gasteiger partial charge in [-0.25, -0.2) is 9.59 Å². The van der Waals surface area contributed by atoms with Crippen molar-refractivity contribution in [3.63, 3.8) is 0 Å². The van der Waals surface area contributed by atoms with Crippen LogP contribution in [0.3, 0.4) is 0 Å². The largest absolute Gasteiger partial charge is 0.469 e. The summed E-state index contributed by atoms with van der Waals surface area (Å²) in [5, 5.41) is 3.85. The number of Topliss-reactive ketones (excluding diaryl/α,β-unsaturated/α-hetero) is 1. The van der Waals surface area contributed by atoms with E-state index < -0.39 is 22.9 Å². The van der Waals surface area contributed by atoms with Crippen molar-refractivity contribution in [3.8, 4) is 0 Å². The van der Waals surface area contributed by atoms with E-state index >= 15 is 0 Å². The van der Waals surface area contributed by atoms with Crippen LogP contribution in [0, 0.1) is 0 Å². The number of amides is 4. The van der Waals surface area contributed by atoms with E-state index in [9.17, 15) is 38.4 Å². The minimum Gasteiger partial charge on any atom is -0.469 e. The lowest BCUT2D eigenvalue weighted by Crippen LogP contribution is -2.53. The van der Waals surface area contributed by atoms with Crippen molar-refractivity contribution in [3.05, 3.63) is 0 Å². The maximum atomic E-state index is 12.1. The molecule has 0 radical (unpaired) electrons. The summed E-state index contributed by atoms with van der Waals surface area (Å²) in [6, 6.07) is 0. The molecule has 364 valence electrons. The summed E-state index contributed by atoms with van der Waals surface area (Å²) in [6.07, 6.45) is 3.71. The van der Waals surface area contributed by atoms with E-state index in [-0.39, 0.29) is 66.7 Å². The van der Waals surface area contributed by atoms with Crippen LogP contribution in [0.15, 0.2) is 0 Å². The molecule has 4 amide bonds. The number of methoxy groups -OCH3 is 1. The Morgan fingerprint density at radius 2 is 1.02 bits per heavy atom. The second kappa shape index (κ2) is 28.7. The molecule has 3 heterocycles. The SMILES string of the molecule is CC(C)(C)OC(=O)CCCBr.CC(C)(C)OC(=O)CCCN1CCN(C(=O)OC(C)(C)C)CC1=O.CC(C)(C)OC(=O)N1CCCC(=O)C1.COC(=O)CCCN1CCNCC1=O. The first-order valence-corrected chi connectivity index (χ1v) is 22.9. The van der Waals surface area contributed by atoms with Crippen LogP contribution in [0.4, 0.5) is 9.59 Å². The molecule has 3 saturated heterocycles. The Morgan fingerprint density at radius 3 is 1.43 bits per heavy atom. The van der Waals surface area contributed by atoms with Gasteiger partial charge in [-0.2, -0.15) is 0 Å². The number of likely N-dealkylation sites (tertiary alicyclic amines) is 1. The van der Waals surface area contributed by atoms with Crippen LogP contribution in [0.25, 0.3) is 0 Å². The molecule has 18 nitrogen and oxygen atoms in total. The number of rotatable bonds is 11. The lowest BCUT2D eigenvalue weighted by atomic mass is 10.1. The molecule has 0 aromatic carbocycles. The van der Waals surface area contributed by atoms with Gasteiger partial charge in [0.05, 0.1) is 20.2 Å². The highest BCUT2D eigenvalue weighted by Crippen LogP contribution is 2.15. The Labute approximate surface area is 384 Å². The first kappa shape index (κ1) is 59.0. The Balaban J connectivity index is 0.000000855. The number of ketones is 1. The number of hydrogen-bond acceptors (Lipinski definition) is 14. The van der Waals surface area contributed by atoms with Gasteiger partial charge < -0.3 is 43.7 Å². The Morgan fingerprint density at radius 1 is 0.571 bits per heavy atom. The summed E-state index contributed by atoms with van der Waals surface area (Å²) in [4.78, 5) is 97.8. The number of piperidine rings is 1. The van der Waals surface area contributed by atoms with Crippen molar-refractivity contribution in [1.29, 1.82) is 0 Å². The summed E-state index contributed by atoms with van der Waals surface area (Å²) in [7, 11) is 1.37. The zero-order valence-electron chi connectivity index (χ0n) is 40.4. The van der Waals surface area contributed by atoms with Crippen LogP contribution in [0.5, 0.6) is 0 Å². The predicted molar refractivity (Wildman–Crippen MR) is 241 cm³/mol. The molecule has 0 saturated carbocycles. The van der Waals surface area contributed by atoms with Gasteiger partial charge in [0.25, 0.3) is 0 Å². The third-order valence-corrected chi connectivity index (χ3v) is 8.82. The summed E-state index contributed by atoms with van der Waals surface area (Å²) >= 11 is 3.25. The van der Waals surface area contributed by atoms with Crippen molar-refractivity contribution in [1.82, 2.24) is 24.9 Å². The van der Waals surface area contributed by atoms with Crippen LogP contribution in [-0.4, -0.2) is 168 Å². The molecule has 63 heavy (non-hydrogen) atoms. The number of nitrogens with one attached hydrogen (secondary N) is 1. The quantitative estimate of drug-likeness (QED) is 0.151. The first-order chi connectivity index (χ1) is 28.9. The minimum absolute atomic E-state index is 0.0152. The van der Waals surface area contributed by atoms with Crippen molar-refractivity contribution in [2.75, 3.05) is 77.9 Å². The molecule has 3 aliphatic heterocycles. The third kappa shape index (κ3) is 31.5. The topological polar surface area (TPSA) is 208 Å². The zero-order chi connectivity index (χ0) is 48.6. The normalized spacial score (nSPS) is 15.9. The summed E-state index contributed by atoms with van der Waals surface area (Å²) in [5.41, 5.74) is -1.91. The molecular formula is C44H78BrN5O13. The van der Waals surface area contributed by atoms with E-state index in [2.05, 4.69) is 26.0 Å². The van der Waals surface area contributed by atoms with E-state index in [4.69, 9.17) is 18.9 Å². The lowest BCUT2D eigenvalue weighted by Gasteiger charge is -2.35. The average molecular weight is 965 g/mol. The Bertz CT molecular complexity index is 1480. The zero-order valence-corrected chi connectivity index (χ0v) is 42.0. The molecule has 0 bridgehead atoms. The van der Waals surface area contributed by atoms with Crippen LogP contribution >= 0.6 is 15.9 Å². The van der Waals surface area contributed by atoms with Gasteiger partial charge in [0.1, 0.15) is 28.9 Å². The standard InChI is InChI=1S/C17H30N2O5.C10H17NO3.C9H16N2O3.C8H15BrO2/c1-16(2,3)23-14(21)8-7-9-18-10-11-19(12-13(18)20)15(22)24-17(4,5)6;1-10(2,3)14-9(13)11-6-4-5-8(12)7-11;1-14-9(13)3-2-5-11-6-4-10-7-8(11)12;1-8(2,3)11-7(10)5-4-6-9/h7-12H2,1-6H3;4-7H2,1-3H3;10H,2-7H2,1H3;4-6H2,1-3H3. The third-order valence-electron chi connectivity index (χ3n) is 8.26. The van der Waals surface area contributed by atoms with E-state index in [0.717, 1.165) is 31.3 Å². The van der Waals surface area contributed by atoms with Gasteiger partial charge in [-0.1, -0.05) is 15.9 Å². The molecule has 0 atom stereocenters. The fraction of sp³-hybridized carbons (Fsp3) is 0.818. The summed E-state index contributed by atoms with van der Waals surface area (Å²) in [5.74, 6) is -0.494.